The smallest absolute Gasteiger partial charge is 0.0318 e. The lowest BCUT2D eigenvalue weighted by atomic mass is 10.1. The third-order valence-electron chi connectivity index (χ3n) is 1.71. The summed E-state index contributed by atoms with van der Waals surface area (Å²) < 4.78 is 0. The van der Waals surface area contributed by atoms with Crippen molar-refractivity contribution < 1.29 is 0 Å². The number of hydrogen-bond acceptors (Lipinski definition) is 3. The monoisotopic (exact) mass is 131 g/mol. The molecule has 0 aliphatic carbocycles. The van der Waals surface area contributed by atoms with Gasteiger partial charge in [0.2, 0.25) is 0 Å². The van der Waals surface area contributed by atoms with E-state index >= 15 is 0 Å². The van der Waals surface area contributed by atoms with Gasteiger partial charge in [0.15, 0.2) is 0 Å². The summed E-state index contributed by atoms with van der Waals surface area (Å²) >= 11 is 0. The van der Waals surface area contributed by atoms with Gasteiger partial charge in [0, 0.05) is 18.6 Å². The van der Waals surface area contributed by atoms with Crippen LogP contribution in [0.25, 0.3) is 0 Å². The lowest BCUT2D eigenvalue weighted by Crippen LogP contribution is -2.46. The SMILES string of the molecule is CC(C(N)CN)N(C)C. The molecule has 0 aliphatic heterocycles. The zero-order valence-electron chi connectivity index (χ0n) is 6.46. The molecular formula is C6H17N3. The Labute approximate surface area is 57.0 Å². The number of likely N-dealkylation sites (N-methyl/N-ethyl adjacent to an activating group) is 1. The van der Waals surface area contributed by atoms with Crippen LogP contribution < -0.4 is 11.5 Å². The topological polar surface area (TPSA) is 55.3 Å². The third-order valence-corrected chi connectivity index (χ3v) is 1.71. The summed E-state index contributed by atoms with van der Waals surface area (Å²) in [6.45, 7) is 2.62. The van der Waals surface area contributed by atoms with Crippen molar-refractivity contribution in [3.63, 3.8) is 0 Å². The summed E-state index contributed by atoms with van der Waals surface area (Å²) in [5.74, 6) is 0. The molecule has 3 nitrogen and oxygen atoms in total. The lowest BCUT2D eigenvalue weighted by molar-refractivity contribution is 0.275. The van der Waals surface area contributed by atoms with Crippen LogP contribution in [0.3, 0.4) is 0 Å². The van der Waals surface area contributed by atoms with Crippen LogP contribution in [0.5, 0.6) is 0 Å². The fourth-order valence-corrected chi connectivity index (χ4v) is 0.580. The van der Waals surface area contributed by atoms with Crippen LogP contribution in [0.1, 0.15) is 6.92 Å². The van der Waals surface area contributed by atoms with Crippen LogP contribution in [0, 0.1) is 0 Å². The van der Waals surface area contributed by atoms with Crippen molar-refractivity contribution >= 4 is 0 Å². The highest BCUT2D eigenvalue weighted by Crippen LogP contribution is 1.93. The molecule has 0 aliphatic rings. The van der Waals surface area contributed by atoms with Gasteiger partial charge in [0.05, 0.1) is 0 Å². The van der Waals surface area contributed by atoms with Crippen LogP contribution in [-0.2, 0) is 0 Å². The van der Waals surface area contributed by atoms with Gasteiger partial charge in [-0.05, 0) is 21.0 Å². The van der Waals surface area contributed by atoms with Crippen LogP contribution in [0.4, 0.5) is 0 Å². The van der Waals surface area contributed by atoms with Crippen LogP contribution >= 0.6 is 0 Å². The average Bonchev–Trinajstić information content (AvgIpc) is 1.84. The van der Waals surface area contributed by atoms with Gasteiger partial charge in [-0.3, -0.25) is 0 Å². The summed E-state index contributed by atoms with van der Waals surface area (Å²) in [7, 11) is 4.00. The molecule has 3 heteroatoms. The second kappa shape index (κ2) is 3.82. The first-order valence-corrected chi connectivity index (χ1v) is 3.21. The Hall–Kier alpha value is -0.120. The molecule has 0 aromatic heterocycles. The predicted molar refractivity (Wildman–Crippen MR) is 40.2 cm³/mol. The van der Waals surface area contributed by atoms with Gasteiger partial charge in [0.1, 0.15) is 0 Å². The molecule has 2 unspecified atom stereocenters. The largest absolute Gasteiger partial charge is 0.329 e. The zero-order valence-corrected chi connectivity index (χ0v) is 6.46. The second-order valence-electron chi connectivity index (χ2n) is 2.60. The van der Waals surface area contributed by atoms with Crippen molar-refractivity contribution in [1.82, 2.24) is 4.90 Å². The van der Waals surface area contributed by atoms with Gasteiger partial charge in [-0.15, -0.1) is 0 Å². The van der Waals surface area contributed by atoms with E-state index in [1.165, 1.54) is 0 Å². The summed E-state index contributed by atoms with van der Waals surface area (Å²) in [5, 5.41) is 0. The summed E-state index contributed by atoms with van der Waals surface area (Å²) in [4.78, 5) is 2.07. The highest BCUT2D eigenvalue weighted by molar-refractivity contribution is 4.74. The quantitative estimate of drug-likeness (QED) is 0.528. The van der Waals surface area contributed by atoms with E-state index in [0.29, 0.717) is 12.6 Å². The molecule has 0 aromatic carbocycles. The maximum Gasteiger partial charge on any atom is 0.0318 e. The fraction of sp³-hybridized carbons (Fsp3) is 1.00. The summed E-state index contributed by atoms with van der Waals surface area (Å²) in [5.41, 5.74) is 11.0. The van der Waals surface area contributed by atoms with Gasteiger partial charge < -0.3 is 16.4 Å². The third kappa shape index (κ3) is 2.79. The van der Waals surface area contributed by atoms with Crippen molar-refractivity contribution in [2.75, 3.05) is 20.6 Å². The molecular weight excluding hydrogens is 114 g/mol. The molecule has 0 saturated heterocycles. The van der Waals surface area contributed by atoms with E-state index in [2.05, 4.69) is 11.8 Å². The average molecular weight is 131 g/mol. The predicted octanol–water partition coefficient (Wildman–Crippen LogP) is -0.777. The van der Waals surface area contributed by atoms with Gasteiger partial charge in [-0.2, -0.15) is 0 Å². The molecule has 0 saturated carbocycles. The van der Waals surface area contributed by atoms with Crippen molar-refractivity contribution in [3.8, 4) is 0 Å². The van der Waals surface area contributed by atoms with Crippen molar-refractivity contribution in [1.29, 1.82) is 0 Å². The normalized spacial score (nSPS) is 18.0. The van der Waals surface area contributed by atoms with E-state index in [-0.39, 0.29) is 6.04 Å². The first-order chi connectivity index (χ1) is 4.09. The standard InChI is InChI=1S/C6H17N3/c1-5(9(2)3)6(8)4-7/h5-6H,4,7-8H2,1-3H3. The minimum absolute atomic E-state index is 0.0972. The van der Waals surface area contributed by atoms with Crippen molar-refractivity contribution in [2.24, 2.45) is 11.5 Å². The molecule has 0 aromatic rings. The first-order valence-electron chi connectivity index (χ1n) is 3.21. The zero-order chi connectivity index (χ0) is 7.44. The van der Waals surface area contributed by atoms with Crippen LogP contribution in [-0.4, -0.2) is 37.6 Å². The molecule has 0 rings (SSSR count). The Kier molecular flexibility index (Phi) is 3.77. The van der Waals surface area contributed by atoms with E-state index in [4.69, 9.17) is 11.5 Å². The highest BCUT2D eigenvalue weighted by atomic mass is 15.1. The van der Waals surface area contributed by atoms with E-state index in [9.17, 15) is 0 Å². The van der Waals surface area contributed by atoms with E-state index in [0.717, 1.165) is 0 Å². The van der Waals surface area contributed by atoms with Crippen LogP contribution in [0.15, 0.2) is 0 Å². The number of rotatable bonds is 3. The Morgan fingerprint density at radius 1 is 1.44 bits per heavy atom. The molecule has 0 heterocycles. The maximum absolute atomic E-state index is 5.65. The number of nitrogens with zero attached hydrogens (tertiary/aromatic N) is 1. The molecule has 0 bridgehead atoms. The molecule has 0 fully saturated rings. The number of nitrogens with two attached hydrogens (primary N) is 2. The molecule has 0 spiro atoms. The summed E-state index contributed by atoms with van der Waals surface area (Å²) in [6, 6.07) is 0.468. The Balaban J connectivity index is 3.58. The minimum Gasteiger partial charge on any atom is -0.329 e. The van der Waals surface area contributed by atoms with Gasteiger partial charge in [-0.1, -0.05) is 0 Å². The van der Waals surface area contributed by atoms with Gasteiger partial charge >= 0.3 is 0 Å². The lowest BCUT2D eigenvalue weighted by Gasteiger charge is -2.24. The van der Waals surface area contributed by atoms with Crippen molar-refractivity contribution in [2.45, 2.75) is 19.0 Å². The molecule has 4 N–H and O–H groups in total. The molecule has 2 atom stereocenters. The molecule has 0 amide bonds. The van der Waals surface area contributed by atoms with Crippen LogP contribution in [0.2, 0.25) is 0 Å². The molecule has 9 heavy (non-hydrogen) atoms. The maximum atomic E-state index is 5.65. The second-order valence-corrected chi connectivity index (χ2v) is 2.60. The van der Waals surface area contributed by atoms with Gasteiger partial charge in [0.25, 0.3) is 0 Å². The molecule has 0 radical (unpaired) electrons. The first kappa shape index (κ1) is 8.88. The van der Waals surface area contributed by atoms with Gasteiger partial charge in [-0.25, -0.2) is 0 Å². The minimum atomic E-state index is 0.0972. The van der Waals surface area contributed by atoms with E-state index in [1.54, 1.807) is 0 Å². The Morgan fingerprint density at radius 2 is 1.89 bits per heavy atom. The Morgan fingerprint density at radius 3 is 2.00 bits per heavy atom. The highest BCUT2D eigenvalue weighted by Gasteiger charge is 2.11. The fourth-order valence-electron chi connectivity index (χ4n) is 0.580. The summed E-state index contributed by atoms with van der Waals surface area (Å²) in [6.07, 6.45) is 0. The Bertz CT molecular complexity index is 72.7. The van der Waals surface area contributed by atoms with E-state index in [1.807, 2.05) is 14.1 Å². The number of hydrogen-bond donors (Lipinski definition) is 2. The molecule has 56 valence electrons. The van der Waals surface area contributed by atoms with Crippen molar-refractivity contribution in [3.05, 3.63) is 0 Å². The van der Waals surface area contributed by atoms with E-state index < -0.39 is 0 Å².